The van der Waals surface area contributed by atoms with Crippen molar-refractivity contribution in [2.24, 2.45) is 0 Å². The zero-order valence-electron chi connectivity index (χ0n) is 17.0. The van der Waals surface area contributed by atoms with Gasteiger partial charge < -0.3 is 19.5 Å². The number of halogens is 2. The molecule has 1 N–H and O–H groups in total. The van der Waals surface area contributed by atoms with Crippen molar-refractivity contribution in [3.63, 3.8) is 0 Å². The van der Waals surface area contributed by atoms with Crippen molar-refractivity contribution in [3.05, 3.63) is 78.1 Å². The molecule has 3 rings (SSSR count). The summed E-state index contributed by atoms with van der Waals surface area (Å²) in [5.41, 5.74) is 2.44. The van der Waals surface area contributed by atoms with Gasteiger partial charge in [-0.2, -0.15) is 8.78 Å². The third-order valence-corrected chi connectivity index (χ3v) is 4.31. The predicted molar refractivity (Wildman–Crippen MR) is 112 cm³/mol. The molecule has 0 unspecified atom stereocenters. The minimum atomic E-state index is -2.98. The van der Waals surface area contributed by atoms with E-state index in [0.29, 0.717) is 17.9 Å². The molecule has 0 saturated heterocycles. The first kappa shape index (κ1) is 22.0. The molecule has 0 aliphatic heterocycles. The SMILES string of the molecule is CC(C)Oc1cc(N(Cc2cccnc2)c2ccc(C(=O)O)cc2)ccc1OC(F)F. The Bertz CT molecular complexity index is 1010. The van der Waals surface area contributed by atoms with Crippen LogP contribution in [0.4, 0.5) is 20.2 Å². The Kier molecular flexibility index (Phi) is 7.02. The zero-order valence-corrected chi connectivity index (χ0v) is 17.0. The third kappa shape index (κ3) is 5.91. The average molecular weight is 428 g/mol. The molecule has 0 saturated carbocycles. The molecule has 6 nitrogen and oxygen atoms in total. The van der Waals surface area contributed by atoms with Crippen LogP contribution in [0, 0.1) is 0 Å². The number of pyridine rings is 1. The number of carboxylic acid groups (broad SMARTS) is 1. The number of benzene rings is 2. The largest absolute Gasteiger partial charge is 0.487 e. The summed E-state index contributed by atoms with van der Waals surface area (Å²) in [5.74, 6) is -0.896. The lowest BCUT2D eigenvalue weighted by molar-refractivity contribution is -0.0518. The van der Waals surface area contributed by atoms with Gasteiger partial charge >= 0.3 is 12.6 Å². The lowest BCUT2D eigenvalue weighted by atomic mass is 10.1. The molecule has 2 aromatic carbocycles. The number of carboxylic acids is 1. The second kappa shape index (κ2) is 9.88. The molecule has 162 valence electrons. The molecule has 0 spiro atoms. The summed E-state index contributed by atoms with van der Waals surface area (Å²) in [4.78, 5) is 17.2. The lowest BCUT2D eigenvalue weighted by Crippen LogP contribution is -2.17. The normalized spacial score (nSPS) is 10.9. The Morgan fingerprint density at radius 2 is 1.74 bits per heavy atom. The number of nitrogens with zero attached hydrogens (tertiary/aromatic N) is 2. The first-order chi connectivity index (χ1) is 14.8. The number of anilines is 2. The van der Waals surface area contributed by atoms with E-state index in [1.165, 1.54) is 18.2 Å². The van der Waals surface area contributed by atoms with Crippen LogP contribution in [0.15, 0.2) is 67.0 Å². The second-order valence-electron chi connectivity index (χ2n) is 6.98. The summed E-state index contributed by atoms with van der Waals surface area (Å²) in [7, 11) is 0. The van der Waals surface area contributed by atoms with Gasteiger partial charge in [0.1, 0.15) is 0 Å². The van der Waals surface area contributed by atoms with Crippen molar-refractivity contribution in [3.8, 4) is 11.5 Å². The molecule has 31 heavy (non-hydrogen) atoms. The van der Waals surface area contributed by atoms with E-state index in [-0.39, 0.29) is 23.2 Å². The number of aromatic nitrogens is 1. The van der Waals surface area contributed by atoms with Crippen LogP contribution in [0.25, 0.3) is 0 Å². The highest BCUT2D eigenvalue weighted by atomic mass is 19.3. The quantitative estimate of drug-likeness (QED) is 0.485. The molecule has 3 aromatic rings. The number of ether oxygens (including phenoxy) is 2. The molecular formula is C23H22F2N2O4. The van der Waals surface area contributed by atoms with Crippen molar-refractivity contribution < 1.29 is 28.2 Å². The van der Waals surface area contributed by atoms with E-state index in [9.17, 15) is 18.7 Å². The number of aromatic carboxylic acids is 1. The van der Waals surface area contributed by atoms with E-state index in [4.69, 9.17) is 4.74 Å². The first-order valence-corrected chi connectivity index (χ1v) is 9.59. The van der Waals surface area contributed by atoms with Crippen molar-refractivity contribution in [1.29, 1.82) is 0 Å². The Labute approximate surface area is 178 Å². The molecular weight excluding hydrogens is 406 g/mol. The molecule has 0 radical (unpaired) electrons. The van der Waals surface area contributed by atoms with E-state index >= 15 is 0 Å². The van der Waals surface area contributed by atoms with Crippen LogP contribution in [-0.4, -0.2) is 28.8 Å². The smallest absolute Gasteiger partial charge is 0.387 e. The summed E-state index contributed by atoms with van der Waals surface area (Å²) in [5, 5.41) is 9.18. The molecule has 0 aliphatic carbocycles. The Balaban J connectivity index is 2.04. The van der Waals surface area contributed by atoms with Crippen LogP contribution in [0.2, 0.25) is 0 Å². The highest BCUT2D eigenvalue weighted by Gasteiger charge is 2.17. The maximum atomic E-state index is 12.8. The number of hydrogen-bond acceptors (Lipinski definition) is 5. The van der Waals surface area contributed by atoms with E-state index in [2.05, 4.69) is 9.72 Å². The van der Waals surface area contributed by atoms with E-state index in [1.54, 1.807) is 50.5 Å². The molecule has 8 heteroatoms. The predicted octanol–water partition coefficient (Wildman–Crippen LogP) is 5.51. The van der Waals surface area contributed by atoms with Crippen molar-refractivity contribution >= 4 is 17.3 Å². The Morgan fingerprint density at radius 1 is 1.03 bits per heavy atom. The monoisotopic (exact) mass is 428 g/mol. The fourth-order valence-electron chi connectivity index (χ4n) is 2.99. The molecule has 1 aromatic heterocycles. The third-order valence-electron chi connectivity index (χ3n) is 4.31. The van der Waals surface area contributed by atoms with Gasteiger partial charge in [-0.05, 0) is 61.9 Å². The van der Waals surface area contributed by atoms with Gasteiger partial charge in [-0.15, -0.1) is 0 Å². The standard InChI is InChI=1S/C23H22F2N2O4/c1-15(2)30-21-12-19(9-10-20(21)31-23(24)25)27(14-16-4-3-11-26-13-16)18-7-5-17(6-8-18)22(28)29/h3-13,15,23H,14H2,1-2H3,(H,28,29). The van der Waals surface area contributed by atoms with Gasteiger partial charge in [0.15, 0.2) is 11.5 Å². The van der Waals surface area contributed by atoms with Gasteiger partial charge in [0.25, 0.3) is 0 Å². The topological polar surface area (TPSA) is 71.9 Å². The highest BCUT2D eigenvalue weighted by molar-refractivity contribution is 5.88. The summed E-state index contributed by atoms with van der Waals surface area (Å²) in [6.07, 6.45) is 3.13. The molecule has 0 amide bonds. The maximum absolute atomic E-state index is 12.8. The molecule has 0 bridgehead atoms. The molecule has 0 fully saturated rings. The van der Waals surface area contributed by atoms with Gasteiger partial charge in [0.2, 0.25) is 0 Å². The fraction of sp³-hybridized carbons (Fsp3) is 0.217. The van der Waals surface area contributed by atoms with Crippen LogP contribution < -0.4 is 14.4 Å². The summed E-state index contributed by atoms with van der Waals surface area (Å²) in [6, 6.07) is 14.8. The Morgan fingerprint density at radius 3 is 2.32 bits per heavy atom. The number of rotatable bonds is 9. The van der Waals surface area contributed by atoms with Crippen LogP contribution in [0.5, 0.6) is 11.5 Å². The van der Waals surface area contributed by atoms with E-state index in [1.807, 2.05) is 17.0 Å². The van der Waals surface area contributed by atoms with Gasteiger partial charge in [-0.25, -0.2) is 4.79 Å². The molecule has 0 atom stereocenters. The van der Waals surface area contributed by atoms with E-state index < -0.39 is 12.6 Å². The van der Waals surface area contributed by atoms with Gasteiger partial charge in [-0.1, -0.05) is 6.07 Å². The first-order valence-electron chi connectivity index (χ1n) is 9.59. The van der Waals surface area contributed by atoms with E-state index in [0.717, 1.165) is 5.56 Å². The van der Waals surface area contributed by atoms with Crippen LogP contribution in [0.1, 0.15) is 29.8 Å². The minimum Gasteiger partial charge on any atom is -0.487 e. The highest BCUT2D eigenvalue weighted by Crippen LogP contribution is 2.37. The number of carbonyl (C=O) groups is 1. The van der Waals surface area contributed by atoms with Crippen LogP contribution >= 0.6 is 0 Å². The van der Waals surface area contributed by atoms with Crippen LogP contribution in [-0.2, 0) is 6.54 Å². The second-order valence-corrected chi connectivity index (χ2v) is 6.98. The fourth-order valence-corrected chi connectivity index (χ4v) is 2.99. The Hall–Kier alpha value is -3.68. The summed E-state index contributed by atoms with van der Waals surface area (Å²) < 4.78 is 35.9. The van der Waals surface area contributed by atoms with Crippen LogP contribution in [0.3, 0.4) is 0 Å². The maximum Gasteiger partial charge on any atom is 0.387 e. The minimum absolute atomic E-state index is 0.0602. The zero-order chi connectivity index (χ0) is 22.4. The van der Waals surface area contributed by atoms with Gasteiger partial charge in [-0.3, -0.25) is 4.98 Å². The summed E-state index contributed by atoms with van der Waals surface area (Å²) >= 11 is 0. The summed E-state index contributed by atoms with van der Waals surface area (Å²) in [6.45, 7) is 1.01. The van der Waals surface area contributed by atoms with Gasteiger partial charge in [0.05, 0.1) is 11.7 Å². The number of hydrogen-bond donors (Lipinski definition) is 1. The number of alkyl halides is 2. The van der Waals surface area contributed by atoms with Crippen molar-refractivity contribution in [1.82, 2.24) is 4.98 Å². The van der Waals surface area contributed by atoms with Crippen molar-refractivity contribution in [2.45, 2.75) is 33.1 Å². The molecule has 0 aliphatic rings. The van der Waals surface area contributed by atoms with Gasteiger partial charge in [0, 0.05) is 36.4 Å². The van der Waals surface area contributed by atoms with Crippen molar-refractivity contribution in [2.75, 3.05) is 4.90 Å². The molecule has 1 heterocycles. The lowest BCUT2D eigenvalue weighted by Gasteiger charge is -2.26. The average Bonchev–Trinajstić information content (AvgIpc) is 2.73.